The molecule has 1 unspecified atom stereocenters. The van der Waals surface area contributed by atoms with Gasteiger partial charge in [-0.3, -0.25) is 9.59 Å². The summed E-state index contributed by atoms with van der Waals surface area (Å²) in [5.41, 5.74) is 1.76. The quantitative estimate of drug-likeness (QED) is 0.909. The molecule has 2 aliphatic rings. The highest BCUT2D eigenvalue weighted by molar-refractivity contribution is 5.99. The second-order valence-electron chi connectivity index (χ2n) is 5.86. The number of fused-ring (bicyclic) bond motifs is 1. The zero-order valence-corrected chi connectivity index (χ0v) is 13.7. The summed E-state index contributed by atoms with van der Waals surface area (Å²) in [5, 5.41) is 2.66. The molecular formula is C18H23FN2O2. The number of halogens is 1. The highest BCUT2D eigenvalue weighted by Crippen LogP contribution is 2.29. The van der Waals surface area contributed by atoms with Crippen molar-refractivity contribution < 1.29 is 14.0 Å². The monoisotopic (exact) mass is 318 g/mol. The maximum Gasteiger partial charge on any atom is 0.255 e. The molecule has 0 radical (unpaired) electrons. The molecule has 0 bridgehead atoms. The van der Waals surface area contributed by atoms with Crippen molar-refractivity contribution in [1.82, 2.24) is 10.2 Å². The minimum Gasteiger partial charge on any atom is -0.328 e. The van der Waals surface area contributed by atoms with E-state index in [1.807, 2.05) is 0 Å². The maximum atomic E-state index is 13.2. The molecule has 4 nitrogen and oxygen atoms in total. The maximum absolute atomic E-state index is 13.2. The van der Waals surface area contributed by atoms with Crippen molar-refractivity contribution in [1.29, 1.82) is 0 Å². The second-order valence-corrected chi connectivity index (χ2v) is 5.86. The number of rotatable bonds is 2. The van der Waals surface area contributed by atoms with Gasteiger partial charge in [-0.15, -0.1) is 0 Å². The number of carbonyl (C=O) groups is 2. The van der Waals surface area contributed by atoms with E-state index in [-0.39, 0.29) is 17.9 Å². The van der Waals surface area contributed by atoms with E-state index in [2.05, 4.69) is 25.7 Å². The molecule has 0 saturated carbocycles. The topological polar surface area (TPSA) is 49.4 Å². The molecule has 0 aliphatic carbocycles. The first-order valence-electron chi connectivity index (χ1n) is 8.06. The van der Waals surface area contributed by atoms with Gasteiger partial charge in [-0.25, -0.2) is 4.39 Å². The summed E-state index contributed by atoms with van der Waals surface area (Å²) in [5.74, 6) is -0.682. The van der Waals surface area contributed by atoms with Crippen LogP contribution in [0.5, 0.6) is 0 Å². The first-order valence-corrected chi connectivity index (χ1v) is 8.06. The van der Waals surface area contributed by atoms with Gasteiger partial charge < -0.3 is 10.2 Å². The van der Waals surface area contributed by atoms with Gasteiger partial charge in [-0.05, 0) is 24.1 Å². The Hall–Kier alpha value is -2.17. The molecule has 5 heteroatoms. The molecule has 0 spiro atoms. The van der Waals surface area contributed by atoms with E-state index in [9.17, 15) is 14.0 Å². The number of nitrogens with one attached hydrogen (secondary N) is 1. The summed E-state index contributed by atoms with van der Waals surface area (Å²) in [6.07, 6.45) is 3.57. The molecule has 3 rings (SSSR count). The number of hydrogen-bond donors (Lipinski definition) is 1. The molecule has 1 aromatic carbocycles. The standard InChI is InChI=1S/C14H13FN2O2.C4H10/c1-8-12(4-5-13(18)16-8)17-7-9-2-3-10(15)6-11(9)14(17)19;1-3-4-2/h2-3,6,12H,1,4-5,7H2,(H,16,18);3-4H2,1-2H3. The lowest BCUT2D eigenvalue weighted by molar-refractivity contribution is -0.121. The molecule has 1 aromatic rings. The van der Waals surface area contributed by atoms with Crippen molar-refractivity contribution in [3.8, 4) is 0 Å². The van der Waals surface area contributed by atoms with Crippen LogP contribution in [0.25, 0.3) is 0 Å². The molecule has 2 aliphatic heterocycles. The van der Waals surface area contributed by atoms with E-state index in [0.717, 1.165) is 5.56 Å². The zero-order chi connectivity index (χ0) is 17.0. The van der Waals surface area contributed by atoms with Gasteiger partial charge in [0.1, 0.15) is 5.82 Å². The Morgan fingerprint density at radius 3 is 2.61 bits per heavy atom. The van der Waals surface area contributed by atoms with Crippen molar-refractivity contribution in [3.05, 3.63) is 47.4 Å². The Morgan fingerprint density at radius 2 is 2.00 bits per heavy atom. The second kappa shape index (κ2) is 7.40. The normalized spacial score (nSPS) is 19.9. The van der Waals surface area contributed by atoms with Gasteiger partial charge in [0.15, 0.2) is 0 Å². The van der Waals surface area contributed by atoms with Crippen LogP contribution in [0.15, 0.2) is 30.5 Å². The van der Waals surface area contributed by atoms with Crippen LogP contribution in [-0.2, 0) is 11.3 Å². The third-order valence-electron chi connectivity index (χ3n) is 4.13. The minimum atomic E-state index is -0.412. The highest BCUT2D eigenvalue weighted by Gasteiger charge is 2.36. The Bertz CT molecular complexity index is 625. The lowest BCUT2D eigenvalue weighted by atomic mass is 10.0. The molecule has 1 fully saturated rings. The molecule has 23 heavy (non-hydrogen) atoms. The number of amides is 2. The number of hydrogen-bond acceptors (Lipinski definition) is 2. The lowest BCUT2D eigenvalue weighted by Crippen LogP contribution is -2.45. The van der Waals surface area contributed by atoms with Gasteiger partial charge in [-0.2, -0.15) is 0 Å². The van der Waals surface area contributed by atoms with Gasteiger partial charge in [0, 0.05) is 24.2 Å². The van der Waals surface area contributed by atoms with Crippen LogP contribution in [0.3, 0.4) is 0 Å². The molecule has 1 atom stereocenters. The van der Waals surface area contributed by atoms with Crippen molar-refractivity contribution in [3.63, 3.8) is 0 Å². The van der Waals surface area contributed by atoms with Gasteiger partial charge >= 0.3 is 0 Å². The van der Waals surface area contributed by atoms with E-state index >= 15 is 0 Å². The average Bonchev–Trinajstić information content (AvgIpc) is 2.84. The summed E-state index contributed by atoms with van der Waals surface area (Å²) < 4.78 is 13.2. The number of unbranched alkanes of at least 4 members (excludes halogenated alkanes) is 1. The number of piperidine rings is 1. The lowest BCUT2D eigenvalue weighted by Gasteiger charge is -2.32. The van der Waals surface area contributed by atoms with Crippen LogP contribution in [0.2, 0.25) is 0 Å². The summed E-state index contributed by atoms with van der Waals surface area (Å²) in [6, 6.07) is 4.04. The van der Waals surface area contributed by atoms with E-state index in [0.29, 0.717) is 30.6 Å². The first-order chi connectivity index (χ1) is 11.0. The number of carbonyl (C=O) groups excluding carboxylic acids is 2. The van der Waals surface area contributed by atoms with Gasteiger partial charge in [0.05, 0.1) is 6.04 Å². The molecule has 1 N–H and O–H groups in total. The van der Waals surface area contributed by atoms with Gasteiger partial charge in [0.2, 0.25) is 5.91 Å². The van der Waals surface area contributed by atoms with Gasteiger partial charge in [0.25, 0.3) is 5.91 Å². The SMILES string of the molecule is C=C1NC(=O)CCC1N1Cc2ccc(F)cc2C1=O.CCCC. The Balaban J connectivity index is 0.000000433. The predicted octanol–water partition coefficient (Wildman–Crippen LogP) is 3.38. The Labute approximate surface area is 136 Å². The molecular weight excluding hydrogens is 295 g/mol. The fourth-order valence-electron chi connectivity index (χ4n) is 2.66. The Kier molecular flexibility index (Phi) is 5.53. The molecule has 0 aromatic heterocycles. The zero-order valence-electron chi connectivity index (χ0n) is 13.7. The summed E-state index contributed by atoms with van der Waals surface area (Å²) >= 11 is 0. The average molecular weight is 318 g/mol. The first kappa shape index (κ1) is 17.2. The number of benzene rings is 1. The van der Waals surface area contributed by atoms with Crippen LogP contribution in [0.4, 0.5) is 4.39 Å². The molecule has 2 amide bonds. The smallest absolute Gasteiger partial charge is 0.255 e. The predicted molar refractivity (Wildman–Crippen MR) is 87.2 cm³/mol. The van der Waals surface area contributed by atoms with E-state index in [4.69, 9.17) is 0 Å². The minimum absolute atomic E-state index is 0.0727. The van der Waals surface area contributed by atoms with Crippen molar-refractivity contribution in [2.45, 2.75) is 52.1 Å². The van der Waals surface area contributed by atoms with Crippen molar-refractivity contribution >= 4 is 11.8 Å². The van der Waals surface area contributed by atoms with Crippen LogP contribution in [-0.4, -0.2) is 22.8 Å². The van der Waals surface area contributed by atoms with E-state index < -0.39 is 5.82 Å². The largest absolute Gasteiger partial charge is 0.328 e. The molecule has 2 heterocycles. The highest BCUT2D eigenvalue weighted by atomic mass is 19.1. The van der Waals surface area contributed by atoms with E-state index in [1.165, 1.54) is 25.0 Å². The molecule has 124 valence electrons. The third kappa shape index (κ3) is 3.78. The molecule has 1 saturated heterocycles. The van der Waals surface area contributed by atoms with Crippen molar-refractivity contribution in [2.24, 2.45) is 0 Å². The van der Waals surface area contributed by atoms with Crippen LogP contribution >= 0.6 is 0 Å². The van der Waals surface area contributed by atoms with E-state index in [1.54, 1.807) is 11.0 Å². The van der Waals surface area contributed by atoms with Crippen LogP contribution < -0.4 is 5.32 Å². The Morgan fingerprint density at radius 1 is 1.30 bits per heavy atom. The van der Waals surface area contributed by atoms with Crippen molar-refractivity contribution in [2.75, 3.05) is 0 Å². The fraction of sp³-hybridized carbons (Fsp3) is 0.444. The summed E-state index contributed by atoms with van der Waals surface area (Å²) in [7, 11) is 0. The van der Waals surface area contributed by atoms with Gasteiger partial charge in [-0.1, -0.05) is 39.3 Å². The summed E-state index contributed by atoms with van der Waals surface area (Å²) in [6.45, 7) is 8.61. The fourth-order valence-corrected chi connectivity index (χ4v) is 2.66. The van der Waals surface area contributed by atoms with Crippen LogP contribution in [0.1, 0.15) is 55.5 Å². The number of nitrogens with zero attached hydrogens (tertiary/aromatic N) is 1. The third-order valence-corrected chi connectivity index (χ3v) is 4.13. The summed E-state index contributed by atoms with van der Waals surface area (Å²) in [4.78, 5) is 25.2. The van der Waals surface area contributed by atoms with Crippen LogP contribution in [0, 0.1) is 5.82 Å².